The van der Waals surface area contributed by atoms with E-state index in [-0.39, 0.29) is 17.5 Å². The Morgan fingerprint density at radius 2 is 1.67 bits per heavy atom. The summed E-state index contributed by atoms with van der Waals surface area (Å²) in [5.41, 5.74) is 1.78. The van der Waals surface area contributed by atoms with Crippen LogP contribution in [-0.2, 0) is 9.59 Å². The molecule has 2 aromatic rings. The van der Waals surface area contributed by atoms with Crippen molar-refractivity contribution >= 4 is 35.3 Å². The molecule has 2 N–H and O–H groups in total. The van der Waals surface area contributed by atoms with Gasteiger partial charge in [0.25, 0.3) is 5.91 Å². The van der Waals surface area contributed by atoms with Crippen molar-refractivity contribution in [3.05, 3.63) is 65.9 Å². The molecule has 1 fully saturated rings. The first kappa shape index (κ1) is 19.2. The third kappa shape index (κ3) is 6.00. The second-order valence-electron chi connectivity index (χ2n) is 6.65. The van der Waals surface area contributed by atoms with E-state index in [1.54, 1.807) is 6.08 Å². The smallest absolute Gasteiger partial charge is 0.272 e. The highest BCUT2D eigenvalue weighted by Crippen LogP contribution is 2.34. The van der Waals surface area contributed by atoms with Gasteiger partial charge in [-0.3, -0.25) is 9.59 Å². The van der Waals surface area contributed by atoms with Gasteiger partial charge in [-0.15, -0.1) is 11.8 Å². The zero-order chi connectivity index (χ0) is 19.1. The number of carbonyl (C=O) groups excluding carboxylic acids is 2. The largest absolute Gasteiger partial charge is 0.322 e. The Bertz CT molecular complexity index is 810. The summed E-state index contributed by atoms with van der Waals surface area (Å²) in [7, 11) is 0. The quantitative estimate of drug-likeness (QED) is 0.705. The van der Waals surface area contributed by atoms with Gasteiger partial charge in [-0.05, 0) is 48.7 Å². The number of benzene rings is 2. The van der Waals surface area contributed by atoms with Crippen molar-refractivity contribution in [1.82, 2.24) is 5.32 Å². The molecule has 0 unspecified atom stereocenters. The molecule has 27 heavy (non-hydrogen) atoms. The van der Waals surface area contributed by atoms with E-state index in [1.807, 2.05) is 66.4 Å². The lowest BCUT2D eigenvalue weighted by Crippen LogP contribution is -2.28. The molecule has 0 aromatic heterocycles. The summed E-state index contributed by atoms with van der Waals surface area (Å²) < 4.78 is 0. The lowest BCUT2D eigenvalue weighted by atomic mass is 10.2. The standard InChI is InChI=1S/C22H24N2O2S/c1-16(25)23-21(15-17-7-3-2-4-8-17)22(26)24-18-11-13-20(14-12-18)27-19-9-5-6-10-19/h2-4,7-8,11-15,19H,5-6,9-10H2,1H3,(H,23,25)(H,24,26)/b21-15+. The Labute approximate surface area is 164 Å². The van der Waals surface area contributed by atoms with Crippen LogP contribution >= 0.6 is 11.8 Å². The van der Waals surface area contributed by atoms with Crippen molar-refractivity contribution in [2.24, 2.45) is 0 Å². The zero-order valence-electron chi connectivity index (χ0n) is 15.4. The van der Waals surface area contributed by atoms with Gasteiger partial charge in [0.05, 0.1) is 0 Å². The molecule has 0 bridgehead atoms. The first-order valence-electron chi connectivity index (χ1n) is 9.22. The van der Waals surface area contributed by atoms with E-state index < -0.39 is 0 Å². The van der Waals surface area contributed by atoms with Crippen LogP contribution in [-0.4, -0.2) is 17.1 Å². The molecule has 140 valence electrons. The maximum Gasteiger partial charge on any atom is 0.272 e. The maximum atomic E-state index is 12.6. The van der Waals surface area contributed by atoms with E-state index in [9.17, 15) is 9.59 Å². The monoisotopic (exact) mass is 380 g/mol. The van der Waals surface area contributed by atoms with Crippen molar-refractivity contribution in [3.63, 3.8) is 0 Å². The Hall–Kier alpha value is -2.53. The van der Waals surface area contributed by atoms with Crippen LogP contribution in [0.25, 0.3) is 6.08 Å². The van der Waals surface area contributed by atoms with Crippen LogP contribution in [0.4, 0.5) is 5.69 Å². The van der Waals surface area contributed by atoms with Crippen LogP contribution in [0.5, 0.6) is 0 Å². The summed E-state index contributed by atoms with van der Waals surface area (Å²) in [6.07, 6.45) is 6.89. The SMILES string of the molecule is CC(=O)N/C(=C/c1ccccc1)C(=O)Nc1ccc(SC2CCCC2)cc1. The van der Waals surface area contributed by atoms with E-state index in [0.717, 1.165) is 5.56 Å². The van der Waals surface area contributed by atoms with Crippen LogP contribution in [0.2, 0.25) is 0 Å². The Balaban J connectivity index is 1.67. The van der Waals surface area contributed by atoms with Crippen molar-refractivity contribution in [2.45, 2.75) is 42.8 Å². The topological polar surface area (TPSA) is 58.2 Å². The summed E-state index contributed by atoms with van der Waals surface area (Å²) in [6.45, 7) is 1.39. The predicted molar refractivity (Wildman–Crippen MR) is 111 cm³/mol. The summed E-state index contributed by atoms with van der Waals surface area (Å²) in [6, 6.07) is 17.3. The summed E-state index contributed by atoms with van der Waals surface area (Å²) in [4.78, 5) is 25.3. The molecule has 0 saturated heterocycles. The summed E-state index contributed by atoms with van der Waals surface area (Å²) in [5, 5.41) is 6.18. The predicted octanol–water partition coefficient (Wildman–Crippen LogP) is 4.84. The van der Waals surface area contributed by atoms with E-state index in [0.29, 0.717) is 10.9 Å². The molecular formula is C22H24N2O2S. The second kappa shape index (κ2) is 9.42. The van der Waals surface area contributed by atoms with Gasteiger partial charge in [-0.2, -0.15) is 0 Å². The molecule has 4 nitrogen and oxygen atoms in total. The van der Waals surface area contributed by atoms with Gasteiger partial charge in [0.2, 0.25) is 5.91 Å². The molecule has 0 aliphatic heterocycles. The molecule has 2 amide bonds. The highest BCUT2D eigenvalue weighted by Gasteiger charge is 2.16. The third-order valence-electron chi connectivity index (χ3n) is 4.38. The molecule has 1 aliphatic rings. The van der Waals surface area contributed by atoms with Crippen LogP contribution in [0.1, 0.15) is 38.2 Å². The number of carbonyl (C=O) groups is 2. The van der Waals surface area contributed by atoms with Gasteiger partial charge in [-0.1, -0.05) is 43.2 Å². The Kier molecular flexibility index (Phi) is 6.71. The highest BCUT2D eigenvalue weighted by atomic mass is 32.2. The number of hydrogen-bond acceptors (Lipinski definition) is 3. The van der Waals surface area contributed by atoms with Crippen molar-refractivity contribution in [2.75, 3.05) is 5.32 Å². The number of amides is 2. The van der Waals surface area contributed by atoms with Crippen LogP contribution < -0.4 is 10.6 Å². The number of nitrogens with one attached hydrogen (secondary N) is 2. The number of hydrogen-bond donors (Lipinski definition) is 2. The summed E-state index contributed by atoms with van der Waals surface area (Å²) >= 11 is 1.91. The molecular weight excluding hydrogens is 356 g/mol. The van der Waals surface area contributed by atoms with E-state index >= 15 is 0 Å². The number of anilines is 1. The minimum Gasteiger partial charge on any atom is -0.322 e. The fourth-order valence-electron chi connectivity index (χ4n) is 3.08. The fourth-order valence-corrected chi connectivity index (χ4v) is 4.33. The molecule has 0 spiro atoms. The molecule has 0 radical (unpaired) electrons. The van der Waals surface area contributed by atoms with Gasteiger partial charge < -0.3 is 10.6 Å². The van der Waals surface area contributed by atoms with Gasteiger partial charge >= 0.3 is 0 Å². The molecule has 1 saturated carbocycles. The van der Waals surface area contributed by atoms with Crippen LogP contribution in [0.3, 0.4) is 0 Å². The zero-order valence-corrected chi connectivity index (χ0v) is 16.2. The van der Waals surface area contributed by atoms with Crippen molar-refractivity contribution < 1.29 is 9.59 Å². The van der Waals surface area contributed by atoms with Gasteiger partial charge in [0.1, 0.15) is 5.70 Å². The highest BCUT2D eigenvalue weighted by molar-refractivity contribution is 8.00. The van der Waals surface area contributed by atoms with Crippen LogP contribution in [0.15, 0.2) is 65.2 Å². The van der Waals surface area contributed by atoms with E-state index in [4.69, 9.17) is 0 Å². The Morgan fingerprint density at radius 1 is 1.00 bits per heavy atom. The van der Waals surface area contributed by atoms with Crippen molar-refractivity contribution in [1.29, 1.82) is 0 Å². The number of thioether (sulfide) groups is 1. The lowest BCUT2D eigenvalue weighted by Gasteiger charge is -2.11. The lowest BCUT2D eigenvalue weighted by molar-refractivity contribution is -0.120. The second-order valence-corrected chi connectivity index (χ2v) is 8.03. The molecule has 3 rings (SSSR count). The summed E-state index contributed by atoms with van der Waals surface area (Å²) in [5.74, 6) is -0.624. The van der Waals surface area contributed by atoms with Gasteiger partial charge in [0.15, 0.2) is 0 Å². The molecule has 2 aromatic carbocycles. The number of rotatable bonds is 6. The maximum absolute atomic E-state index is 12.6. The average Bonchev–Trinajstić information content (AvgIpc) is 3.16. The van der Waals surface area contributed by atoms with E-state index in [1.165, 1.54) is 37.5 Å². The first-order chi connectivity index (χ1) is 13.1. The normalized spacial score (nSPS) is 14.8. The minimum atomic E-state index is -0.342. The van der Waals surface area contributed by atoms with Crippen LogP contribution in [0, 0.1) is 0 Å². The first-order valence-corrected chi connectivity index (χ1v) is 10.1. The molecule has 0 heterocycles. The Morgan fingerprint density at radius 3 is 2.30 bits per heavy atom. The molecule has 5 heteroatoms. The fraction of sp³-hybridized carbons (Fsp3) is 0.273. The van der Waals surface area contributed by atoms with Crippen molar-refractivity contribution in [3.8, 4) is 0 Å². The molecule has 1 aliphatic carbocycles. The van der Waals surface area contributed by atoms with Gasteiger partial charge in [-0.25, -0.2) is 0 Å². The molecule has 0 atom stereocenters. The average molecular weight is 381 g/mol. The van der Waals surface area contributed by atoms with E-state index in [2.05, 4.69) is 10.6 Å². The third-order valence-corrected chi connectivity index (χ3v) is 5.73. The van der Waals surface area contributed by atoms with Gasteiger partial charge in [0, 0.05) is 22.8 Å². The minimum absolute atomic E-state index is 0.220.